The Kier molecular flexibility index (Phi) is 4.37. The molecule has 2 aromatic rings. The largest absolute Gasteiger partial charge is 0.456 e. The number of benzene rings is 2. The fraction of sp³-hybridized carbons (Fsp3) is 0.0769. The Balaban J connectivity index is 2.25. The molecule has 2 rings (SSSR count). The molecule has 0 unspecified atom stereocenters. The third-order valence-electron chi connectivity index (χ3n) is 2.35. The SMILES string of the molecule is NCc1ccc(Oc2ccc(Br)c(F)c2)c(Br)c1. The van der Waals surface area contributed by atoms with E-state index in [1.165, 1.54) is 6.07 Å². The normalized spacial score (nSPS) is 10.4. The lowest BCUT2D eigenvalue weighted by Crippen LogP contribution is -1.96. The summed E-state index contributed by atoms with van der Waals surface area (Å²) in [4.78, 5) is 0. The van der Waals surface area contributed by atoms with Gasteiger partial charge in [0, 0.05) is 12.6 Å². The quantitative estimate of drug-likeness (QED) is 0.851. The van der Waals surface area contributed by atoms with Gasteiger partial charge in [-0.25, -0.2) is 4.39 Å². The molecule has 0 heterocycles. The third kappa shape index (κ3) is 3.10. The molecule has 0 saturated heterocycles. The monoisotopic (exact) mass is 373 g/mol. The van der Waals surface area contributed by atoms with E-state index in [9.17, 15) is 4.39 Å². The molecular formula is C13H10Br2FNO. The van der Waals surface area contributed by atoms with E-state index in [1.807, 2.05) is 12.1 Å². The first-order chi connectivity index (χ1) is 8.60. The van der Waals surface area contributed by atoms with Crippen LogP contribution in [0.4, 0.5) is 4.39 Å². The van der Waals surface area contributed by atoms with E-state index in [2.05, 4.69) is 31.9 Å². The molecule has 0 aromatic heterocycles. The zero-order valence-corrected chi connectivity index (χ0v) is 12.5. The summed E-state index contributed by atoms with van der Waals surface area (Å²) in [6, 6.07) is 10.2. The Morgan fingerprint density at radius 3 is 2.44 bits per heavy atom. The van der Waals surface area contributed by atoms with Gasteiger partial charge in [0.15, 0.2) is 0 Å². The summed E-state index contributed by atoms with van der Waals surface area (Å²) in [5.74, 6) is 0.702. The zero-order valence-electron chi connectivity index (χ0n) is 9.29. The highest BCUT2D eigenvalue weighted by Crippen LogP contribution is 2.31. The standard InChI is InChI=1S/C13H10Br2FNO/c14-10-3-2-9(6-12(10)16)18-13-4-1-8(7-17)5-11(13)15/h1-6H,7,17H2. The van der Waals surface area contributed by atoms with Gasteiger partial charge in [0.05, 0.1) is 8.95 Å². The molecule has 0 aliphatic rings. The molecule has 0 aliphatic heterocycles. The minimum Gasteiger partial charge on any atom is -0.456 e. The van der Waals surface area contributed by atoms with Gasteiger partial charge >= 0.3 is 0 Å². The second-order valence-corrected chi connectivity index (χ2v) is 5.36. The molecule has 0 saturated carbocycles. The van der Waals surface area contributed by atoms with Gasteiger partial charge in [-0.05, 0) is 61.7 Å². The molecule has 0 bridgehead atoms. The van der Waals surface area contributed by atoms with Crippen molar-refractivity contribution >= 4 is 31.9 Å². The van der Waals surface area contributed by atoms with Gasteiger partial charge in [-0.15, -0.1) is 0 Å². The van der Waals surface area contributed by atoms with Gasteiger partial charge < -0.3 is 10.5 Å². The third-order valence-corrected chi connectivity index (χ3v) is 3.61. The molecule has 0 amide bonds. The summed E-state index contributed by atoms with van der Waals surface area (Å²) in [6.07, 6.45) is 0. The van der Waals surface area contributed by atoms with Crippen molar-refractivity contribution in [3.8, 4) is 11.5 Å². The van der Waals surface area contributed by atoms with Crippen molar-refractivity contribution in [1.82, 2.24) is 0 Å². The second kappa shape index (κ2) is 5.82. The molecule has 0 atom stereocenters. The second-order valence-electron chi connectivity index (χ2n) is 3.65. The number of hydrogen-bond donors (Lipinski definition) is 1. The summed E-state index contributed by atoms with van der Waals surface area (Å²) in [5.41, 5.74) is 6.54. The van der Waals surface area contributed by atoms with Crippen molar-refractivity contribution in [2.75, 3.05) is 0 Å². The Labute approximate surface area is 121 Å². The van der Waals surface area contributed by atoms with Crippen molar-refractivity contribution < 1.29 is 9.13 Å². The van der Waals surface area contributed by atoms with Crippen LogP contribution in [0.1, 0.15) is 5.56 Å². The molecular weight excluding hydrogens is 365 g/mol. The van der Waals surface area contributed by atoms with E-state index in [0.29, 0.717) is 22.5 Å². The Hall–Kier alpha value is -0.910. The van der Waals surface area contributed by atoms with Crippen LogP contribution in [0.2, 0.25) is 0 Å². The maximum absolute atomic E-state index is 13.3. The van der Waals surface area contributed by atoms with Crippen LogP contribution in [0.25, 0.3) is 0 Å². The van der Waals surface area contributed by atoms with Gasteiger partial charge in [0.1, 0.15) is 17.3 Å². The smallest absolute Gasteiger partial charge is 0.141 e. The predicted octanol–water partition coefficient (Wildman–Crippen LogP) is 4.60. The molecule has 0 radical (unpaired) electrons. The first-order valence-corrected chi connectivity index (χ1v) is 6.80. The molecule has 2 N–H and O–H groups in total. The Bertz CT molecular complexity index is 575. The van der Waals surface area contributed by atoms with Crippen molar-refractivity contribution in [2.24, 2.45) is 5.73 Å². The summed E-state index contributed by atoms with van der Waals surface area (Å²) in [7, 11) is 0. The predicted molar refractivity (Wildman–Crippen MR) is 76.2 cm³/mol. The fourth-order valence-corrected chi connectivity index (χ4v) is 2.18. The highest BCUT2D eigenvalue weighted by molar-refractivity contribution is 9.10. The molecule has 18 heavy (non-hydrogen) atoms. The van der Waals surface area contributed by atoms with E-state index >= 15 is 0 Å². The van der Waals surface area contributed by atoms with Crippen LogP contribution < -0.4 is 10.5 Å². The van der Waals surface area contributed by atoms with E-state index in [0.717, 1.165) is 10.0 Å². The number of hydrogen-bond acceptors (Lipinski definition) is 2. The Morgan fingerprint density at radius 2 is 1.83 bits per heavy atom. The Morgan fingerprint density at radius 1 is 1.06 bits per heavy atom. The average molecular weight is 375 g/mol. The van der Waals surface area contributed by atoms with Gasteiger partial charge in [0.2, 0.25) is 0 Å². The highest BCUT2D eigenvalue weighted by atomic mass is 79.9. The van der Waals surface area contributed by atoms with Gasteiger partial charge in [0.25, 0.3) is 0 Å². The molecule has 0 fully saturated rings. The number of halogens is 3. The summed E-state index contributed by atoms with van der Waals surface area (Å²) in [6.45, 7) is 0.464. The van der Waals surface area contributed by atoms with Gasteiger partial charge in [-0.1, -0.05) is 6.07 Å². The molecule has 0 spiro atoms. The van der Waals surface area contributed by atoms with E-state index in [4.69, 9.17) is 10.5 Å². The van der Waals surface area contributed by atoms with Crippen LogP contribution in [0.5, 0.6) is 11.5 Å². The van der Waals surface area contributed by atoms with Crippen molar-refractivity contribution in [1.29, 1.82) is 0 Å². The van der Waals surface area contributed by atoms with E-state index in [-0.39, 0.29) is 5.82 Å². The van der Waals surface area contributed by atoms with Crippen molar-refractivity contribution in [3.05, 3.63) is 56.7 Å². The van der Waals surface area contributed by atoms with E-state index < -0.39 is 0 Å². The fourth-order valence-electron chi connectivity index (χ4n) is 1.42. The highest BCUT2D eigenvalue weighted by Gasteiger charge is 2.06. The topological polar surface area (TPSA) is 35.2 Å². The lowest BCUT2D eigenvalue weighted by molar-refractivity contribution is 0.473. The van der Waals surface area contributed by atoms with Crippen LogP contribution in [-0.4, -0.2) is 0 Å². The van der Waals surface area contributed by atoms with Gasteiger partial charge in [-0.2, -0.15) is 0 Å². The van der Waals surface area contributed by atoms with Crippen LogP contribution in [0, 0.1) is 5.82 Å². The lowest BCUT2D eigenvalue weighted by atomic mass is 10.2. The first-order valence-electron chi connectivity index (χ1n) is 5.21. The number of ether oxygens (including phenoxy) is 1. The summed E-state index contributed by atoms with van der Waals surface area (Å²) < 4.78 is 20.1. The van der Waals surface area contributed by atoms with Crippen LogP contribution >= 0.6 is 31.9 Å². The van der Waals surface area contributed by atoms with Gasteiger partial charge in [-0.3, -0.25) is 0 Å². The van der Waals surface area contributed by atoms with Crippen LogP contribution in [0.3, 0.4) is 0 Å². The van der Waals surface area contributed by atoms with E-state index in [1.54, 1.807) is 18.2 Å². The molecule has 2 aromatic carbocycles. The zero-order chi connectivity index (χ0) is 13.1. The lowest BCUT2D eigenvalue weighted by Gasteiger charge is -2.09. The van der Waals surface area contributed by atoms with Crippen LogP contribution in [-0.2, 0) is 6.54 Å². The molecule has 94 valence electrons. The average Bonchev–Trinajstić information content (AvgIpc) is 2.36. The number of nitrogens with two attached hydrogens (primary N) is 1. The summed E-state index contributed by atoms with van der Waals surface area (Å²) >= 11 is 6.49. The maximum atomic E-state index is 13.3. The van der Waals surface area contributed by atoms with Crippen molar-refractivity contribution in [3.63, 3.8) is 0 Å². The summed E-state index contributed by atoms with van der Waals surface area (Å²) in [5, 5.41) is 0. The minimum atomic E-state index is -0.359. The van der Waals surface area contributed by atoms with Crippen LogP contribution in [0.15, 0.2) is 45.3 Å². The minimum absolute atomic E-state index is 0.359. The first kappa shape index (κ1) is 13.5. The van der Waals surface area contributed by atoms with Crippen molar-refractivity contribution in [2.45, 2.75) is 6.54 Å². The maximum Gasteiger partial charge on any atom is 0.141 e. The molecule has 0 aliphatic carbocycles. The molecule has 2 nitrogen and oxygen atoms in total. The number of rotatable bonds is 3. The molecule has 5 heteroatoms.